The first-order chi connectivity index (χ1) is 20.7. The van der Waals surface area contributed by atoms with Crippen molar-refractivity contribution < 1.29 is 34.1 Å². The molecule has 2 atom stereocenters. The van der Waals surface area contributed by atoms with Crippen LogP contribution in [-0.4, -0.2) is 56.3 Å². The van der Waals surface area contributed by atoms with E-state index in [2.05, 4.69) is 36.4 Å². The quantitative estimate of drug-likeness (QED) is 0.247. The van der Waals surface area contributed by atoms with Gasteiger partial charge < -0.3 is 25.0 Å². The number of phenolic OH excluding ortho intramolecular Hbond substituents is 2. The highest BCUT2D eigenvalue weighted by Gasteiger charge is 2.31. The number of hydrogen-bond donors (Lipinski definition) is 4. The number of Topliss-reactive ketones (excluding diaryl/α,β-unsaturated/α-hetero) is 1. The fourth-order valence-corrected chi connectivity index (χ4v) is 5.34. The van der Waals surface area contributed by atoms with Crippen molar-refractivity contribution in [2.24, 2.45) is 0 Å². The number of carbonyl (C=O) groups is 3. The third kappa shape index (κ3) is 8.44. The summed E-state index contributed by atoms with van der Waals surface area (Å²) in [5, 5.41) is 32.3. The number of allylic oxidation sites excluding steroid dienone is 1. The number of nitrogens with zero attached hydrogens (tertiary/aromatic N) is 2. The Labute approximate surface area is 257 Å². The van der Waals surface area contributed by atoms with Gasteiger partial charge >= 0.3 is 5.97 Å². The Hall–Kier alpha value is -4.19. The SMILES string of the molecule is COc1ccc(C(CC(=O)NCc2nc(Br)n[nH]2)c2c(O)cc3c(c2O)C(=O)O[C@@H](C)CCCC(=O)CCCC=C3)cc1. The van der Waals surface area contributed by atoms with Gasteiger partial charge in [-0.05, 0) is 77.9 Å². The Kier molecular flexibility index (Phi) is 10.9. The number of hydrogen-bond acceptors (Lipinski definition) is 9. The summed E-state index contributed by atoms with van der Waals surface area (Å²) < 4.78 is 11.3. The number of benzene rings is 2. The highest BCUT2D eigenvalue weighted by atomic mass is 79.9. The molecule has 0 fully saturated rings. The Morgan fingerprint density at radius 3 is 2.65 bits per heavy atom. The summed E-state index contributed by atoms with van der Waals surface area (Å²) in [5.41, 5.74) is 0.792. The van der Waals surface area contributed by atoms with Crippen LogP contribution in [-0.2, 0) is 20.9 Å². The molecule has 2 heterocycles. The van der Waals surface area contributed by atoms with Crippen LogP contribution in [0, 0.1) is 0 Å². The first-order valence-corrected chi connectivity index (χ1v) is 14.9. The summed E-state index contributed by atoms with van der Waals surface area (Å²) in [6, 6.07) is 8.28. The van der Waals surface area contributed by atoms with E-state index in [0.717, 1.165) is 0 Å². The number of carbonyl (C=O) groups excluding carboxylic acids is 3. The van der Waals surface area contributed by atoms with Gasteiger partial charge in [0.05, 0.1) is 19.8 Å². The topological polar surface area (TPSA) is 164 Å². The van der Waals surface area contributed by atoms with Crippen LogP contribution in [0.2, 0.25) is 0 Å². The summed E-state index contributed by atoms with van der Waals surface area (Å²) in [7, 11) is 1.53. The van der Waals surface area contributed by atoms with E-state index in [1.807, 2.05) is 0 Å². The molecule has 0 radical (unpaired) electrons. The maximum atomic E-state index is 13.5. The summed E-state index contributed by atoms with van der Waals surface area (Å²) in [4.78, 5) is 42.9. The Bertz CT molecular complexity index is 1490. The predicted molar refractivity (Wildman–Crippen MR) is 162 cm³/mol. The van der Waals surface area contributed by atoms with E-state index < -0.39 is 29.6 Å². The van der Waals surface area contributed by atoms with Crippen LogP contribution < -0.4 is 10.1 Å². The number of methoxy groups -OCH3 is 1. The van der Waals surface area contributed by atoms with Crippen molar-refractivity contribution in [3.63, 3.8) is 0 Å². The number of aromatic nitrogens is 3. The van der Waals surface area contributed by atoms with E-state index in [1.165, 1.54) is 13.2 Å². The normalized spacial score (nSPS) is 17.0. The smallest absolute Gasteiger partial charge is 0.342 e. The molecular formula is C31H35BrN4O7. The predicted octanol–water partition coefficient (Wildman–Crippen LogP) is 5.31. The van der Waals surface area contributed by atoms with E-state index in [-0.39, 0.29) is 41.2 Å². The molecule has 2 aromatic carbocycles. The lowest BCUT2D eigenvalue weighted by atomic mass is 9.84. The Balaban J connectivity index is 1.74. The first kappa shape index (κ1) is 31.7. The lowest BCUT2D eigenvalue weighted by molar-refractivity contribution is -0.121. The molecule has 3 aromatic rings. The molecular weight excluding hydrogens is 620 g/mol. The summed E-state index contributed by atoms with van der Waals surface area (Å²) in [6.07, 6.45) is 5.94. The van der Waals surface area contributed by atoms with Crippen LogP contribution in [0.1, 0.15) is 90.7 Å². The zero-order valence-corrected chi connectivity index (χ0v) is 25.6. The number of esters is 1. The summed E-state index contributed by atoms with van der Waals surface area (Å²) >= 11 is 3.16. The van der Waals surface area contributed by atoms with Gasteiger partial charge in [-0.2, -0.15) is 0 Å². The van der Waals surface area contributed by atoms with E-state index >= 15 is 0 Å². The number of ether oxygens (including phenoxy) is 2. The molecule has 1 aromatic heterocycles. The van der Waals surface area contributed by atoms with Gasteiger partial charge in [-0.25, -0.2) is 9.78 Å². The monoisotopic (exact) mass is 654 g/mol. The van der Waals surface area contributed by atoms with Crippen molar-refractivity contribution in [3.05, 3.63) is 69.2 Å². The largest absolute Gasteiger partial charge is 0.507 e. The fourth-order valence-electron chi connectivity index (χ4n) is 5.03. The average molecular weight is 656 g/mol. The summed E-state index contributed by atoms with van der Waals surface area (Å²) in [6.45, 7) is 1.81. The first-order valence-electron chi connectivity index (χ1n) is 14.1. The molecule has 1 aliphatic heterocycles. The Morgan fingerprint density at radius 1 is 1.21 bits per heavy atom. The molecule has 0 bridgehead atoms. The molecule has 1 unspecified atom stereocenters. The number of aromatic hydroxyl groups is 2. The minimum atomic E-state index is -0.842. The second kappa shape index (κ2) is 14.8. The number of amides is 1. The van der Waals surface area contributed by atoms with E-state index in [9.17, 15) is 24.6 Å². The second-order valence-corrected chi connectivity index (χ2v) is 11.1. The molecule has 1 aliphatic rings. The average Bonchev–Trinajstić information content (AvgIpc) is 3.39. The highest BCUT2D eigenvalue weighted by Crippen LogP contribution is 2.44. The molecule has 0 spiro atoms. The van der Waals surface area contributed by atoms with E-state index in [1.54, 1.807) is 43.3 Å². The van der Waals surface area contributed by atoms with Gasteiger partial charge in [-0.3, -0.25) is 14.7 Å². The van der Waals surface area contributed by atoms with Crippen LogP contribution in [0.3, 0.4) is 0 Å². The Morgan fingerprint density at radius 2 is 1.95 bits per heavy atom. The summed E-state index contributed by atoms with van der Waals surface area (Å²) in [5.74, 6) is -1.55. The minimum absolute atomic E-state index is 0.0196. The maximum absolute atomic E-state index is 13.5. The number of ketones is 1. The van der Waals surface area contributed by atoms with Gasteiger partial charge in [-0.15, -0.1) is 5.10 Å². The number of H-pyrrole nitrogens is 1. The number of halogens is 1. The molecule has 4 N–H and O–H groups in total. The van der Waals surface area contributed by atoms with Gasteiger partial charge in [0.1, 0.15) is 34.4 Å². The molecule has 0 aliphatic carbocycles. The number of nitrogens with one attached hydrogen (secondary N) is 2. The maximum Gasteiger partial charge on any atom is 0.342 e. The molecule has 43 heavy (non-hydrogen) atoms. The van der Waals surface area contributed by atoms with Crippen molar-refractivity contribution in [2.75, 3.05) is 7.11 Å². The van der Waals surface area contributed by atoms with Crippen LogP contribution >= 0.6 is 15.9 Å². The van der Waals surface area contributed by atoms with Gasteiger partial charge in [0.25, 0.3) is 0 Å². The van der Waals surface area contributed by atoms with Crippen molar-refractivity contribution in [1.82, 2.24) is 20.5 Å². The second-order valence-electron chi connectivity index (χ2n) is 10.4. The standard InChI is InChI=1S/C31H35BrN4O7/c1-18-7-6-10-21(37)9-5-3-4-8-20-15-24(38)28(29(40)27(20)30(41)43-18)23(19-11-13-22(42-2)14-12-19)16-26(39)33-17-25-34-31(32)36-35-25/h4,8,11-15,18,23,38,40H,3,5-7,9-10,16-17H2,1-2H3,(H,33,39)(H,34,35,36)/t18-,23?/m0/s1. The number of cyclic esters (lactones) is 1. The zero-order chi connectivity index (χ0) is 30.9. The molecule has 12 heteroatoms. The van der Waals surface area contributed by atoms with E-state index in [4.69, 9.17) is 9.47 Å². The number of aromatic amines is 1. The van der Waals surface area contributed by atoms with E-state index in [0.29, 0.717) is 60.4 Å². The minimum Gasteiger partial charge on any atom is -0.507 e. The number of fused-ring (bicyclic) bond motifs is 1. The fraction of sp³-hybridized carbons (Fsp3) is 0.387. The number of phenols is 2. The van der Waals surface area contributed by atoms with Crippen molar-refractivity contribution in [2.45, 2.75) is 70.4 Å². The van der Waals surface area contributed by atoms with Gasteiger partial charge in [0, 0.05) is 30.7 Å². The molecule has 11 nitrogen and oxygen atoms in total. The van der Waals surface area contributed by atoms with Crippen LogP contribution in [0.25, 0.3) is 6.08 Å². The van der Waals surface area contributed by atoms with Crippen molar-refractivity contribution in [3.8, 4) is 17.2 Å². The molecule has 0 saturated carbocycles. The van der Waals surface area contributed by atoms with Gasteiger partial charge in [0.15, 0.2) is 0 Å². The van der Waals surface area contributed by atoms with Crippen LogP contribution in [0.5, 0.6) is 17.2 Å². The zero-order valence-electron chi connectivity index (χ0n) is 24.1. The third-order valence-electron chi connectivity index (χ3n) is 7.26. The lowest BCUT2D eigenvalue weighted by Crippen LogP contribution is -2.26. The van der Waals surface area contributed by atoms with Crippen molar-refractivity contribution in [1.29, 1.82) is 0 Å². The van der Waals surface area contributed by atoms with Crippen LogP contribution in [0.15, 0.2) is 41.1 Å². The van der Waals surface area contributed by atoms with Gasteiger partial charge in [-0.1, -0.05) is 24.3 Å². The highest BCUT2D eigenvalue weighted by molar-refractivity contribution is 9.10. The van der Waals surface area contributed by atoms with Crippen molar-refractivity contribution >= 4 is 39.7 Å². The molecule has 1 amide bonds. The molecule has 4 rings (SSSR count). The molecule has 228 valence electrons. The molecule has 0 saturated heterocycles. The lowest BCUT2D eigenvalue weighted by Gasteiger charge is -2.23. The number of rotatable bonds is 7. The third-order valence-corrected chi connectivity index (χ3v) is 7.62. The van der Waals surface area contributed by atoms with Crippen LogP contribution in [0.4, 0.5) is 0 Å². The van der Waals surface area contributed by atoms with Gasteiger partial charge in [0.2, 0.25) is 10.6 Å².